The minimum absolute atomic E-state index is 0.959. The molecular weight excluding hydrogens is 302 g/mol. The van der Waals surface area contributed by atoms with Crippen LogP contribution < -0.4 is 10.6 Å². The molecule has 2 N–H and O–H groups in total. The van der Waals surface area contributed by atoms with Crippen molar-refractivity contribution < 1.29 is 0 Å². The zero-order valence-corrected chi connectivity index (χ0v) is 12.8. The van der Waals surface area contributed by atoms with E-state index >= 15 is 0 Å². The lowest BCUT2D eigenvalue weighted by Gasteiger charge is -2.10. The third-order valence-corrected chi connectivity index (χ3v) is 3.11. The van der Waals surface area contributed by atoms with Crippen LogP contribution in [-0.4, -0.2) is 11.5 Å². The molecule has 19 heavy (non-hydrogen) atoms. The molecule has 2 aromatic rings. The van der Waals surface area contributed by atoms with Gasteiger partial charge in [0, 0.05) is 16.7 Å². The Morgan fingerprint density at radius 2 is 1.84 bits per heavy atom. The highest BCUT2D eigenvalue weighted by atomic mass is 79.9. The summed E-state index contributed by atoms with van der Waals surface area (Å²) in [6, 6.07) is 8.32. The first-order valence-corrected chi connectivity index (χ1v) is 7.20. The molecule has 3 nitrogen and oxygen atoms in total. The van der Waals surface area contributed by atoms with Gasteiger partial charge in [-0.05, 0) is 43.2 Å². The van der Waals surface area contributed by atoms with Crippen LogP contribution in [0.15, 0.2) is 41.1 Å². The van der Waals surface area contributed by atoms with Gasteiger partial charge >= 0.3 is 0 Å². The first-order valence-electron chi connectivity index (χ1n) is 6.40. The molecule has 0 atom stereocenters. The molecule has 0 aliphatic rings. The molecule has 0 bridgehead atoms. The quantitative estimate of drug-likeness (QED) is 0.837. The first kappa shape index (κ1) is 13.9. The Hall–Kier alpha value is -1.55. The van der Waals surface area contributed by atoms with E-state index in [0.29, 0.717) is 0 Å². The van der Waals surface area contributed by atoms with Crippen molar-refractivity contribution in [1.29, 1.82) is 0 Å². The number of pyridine rings is 1. The molecule has 0 aliphatic carbocycles. The van der Waals surface area contributed by atoms with Crippen LogP contribution in [0.3, 0.4) is 0 Å². The second-order valence-corrected chi connectivity index (χ2v) is 5.45. The van der Waals surface area contributed by atoms with Crippen LogP contribution >= 0.6 is 15.9 Å². The van der Waals surface area contributed by atoms with E-state index < -0.39 is 0 Å². The minimum atomic E-state index is 0.959. The summed E-state index contributed by atoms with van der Waals surface area (Å²) in [5, 5.41) is 6.70. The number of nitrogens with zero attached hydrogens (tertiary/aromatic N) is 1. The third kappa shape index (κ3) is 4.24. The molecule has 1 heterocycles. The lowest BCUT2D eigenvalue weighted by Crippen LogP contribution is -2.01. The Balaban J connectivity index is 2.13. The zero-order valence-electron chi connectivity index (χ0n) is 11.2. The summed E-state index contributed by atoms with van der Waals surface area (Å²) in [6.45, 7) is 5.18. The van der Waals surface area contributed by atoms with E-state index in [9.17, 15) is 0 Å². The van der Waals surface area contributed by atoms with Crippen LogP contribution in [0, 0.1) is 6.92 Å². The Labute approximate surface area is 122 Å². The summed E-state index contributed by atoms with van der Waals surface area (Å²) < 4.78 is 1.07. The van der Waals surface area contributed by atoms with Gasteiger partial charge in [-0.25, -0.2) is 0 Å². The number of nitrogens with one attached hydrogen (secondary N) is 2. The molecule has 100 valence electrons. The highest BCUT2D eigenvalue weighted by Gasteiger charge is 2.00. The summed E-state index contributed by atoms with van der Waals surface area (Å²) in [4.78, 5) is 4.24. The molecule has 1 aromatic heterocycles. The predicted octanol–water partition coefficient (Wildman–Crippen LogP) is 4.72. The van der Waals surface area contributed by atoms with Crippen molar-refractivity contribution >= 4 is 33.0 Å². The second-order valence-electron chi connectivity index (χ2n) is 4.53. The summed E-state index contributed by atoms with van der Waals surface area (Å²) >= 11 is 3.51. The monoisotopic (exact) mass is 319 g/mol. The average molecular weight is 320 g/mol. The number of benzene rings is 1. The van der Waals surface area contributed by atoms with Gasteiger partial charge in [-0.3, -0.25) is 4.98 Å². The van der Waals surface area contributed by atoms with Crippen LogP contribution in [-0.2, 0) is 0 Å². The van der Waals surface area contributed by atoms with E-state index in [-0.39, 0.29) is 0 Å². The van der Waals surface area contributed by atoms with E-state index in [1.165, 1.54) is 5.56 Å². The maximum absolute atomic E-state index is 4.24. The van der Waals surface area contributed by atoms with Crippen molar-refractivity contribution in [3.05, 3.63) is 46.7 Å². The van der Waals surface area contributed by atoms with Crippen molar-refractivity contribution in [2.24, 2.45) is 0 Å². The zero-order chi connectivity index (χ0) is 13.7. The molecule has 0 saturated heterocycles. The lowest BCUT2D eigenvalue weighted by atomic mass is 10.2. The third-order valence-electron chi connectivity index (χ3n) is 2.65. The highest BCUT2D eigenvalue weighted by Crippen LogP contribution is 2.23. The van der Waals surface area contributed by atoms with Gasteiger partial charge in [0.25, 0.3) is 0 Å². The fraction of sp³-hybridized carbons (Fsp3) is 0.267. The molecule has 0 amide bonds. The van der Waals surface area contributed by atoms with Gasteiger partial charge in [0.15, 0.2) is 0 Å². The van der Waals surface area contributed by atoms with Gasteiger partial charge in [-0.15, -0.1) is 0 Å². The molecule has 0 fully saturated rings. The largest absolute Gasteiger partial charge is 0.384 e. The van der Waals surface area contributed by atoms with E-state index in [4.69, 9.17) is 0 Å². The molecule has 0 aliphatic heterocycles. The molecule has 0 spiro atoms. The number of rotatable bonds is 5. The molecule has 0 unspecified atom stereocenters. The number of anilines is 3. The van der Waals surface area contributed by atoms with E-state index in [0.717, 1.165) is 34.5 Å². The first-order chi connectivity index (χ1) is 9.17. The minimum Gasteiger partial charge on any atom is -0.384 e. The fourth-order valence-electron chi connectivity index (χ4n) is 1.85. The molecule has 0 saturated carbocycles. The van der Waals surface area contributed by atoms with E-state index in [1.807, 2.05) is 12.4 Å². The number of aromatic nitrogens is 1. The molecule has 2 rings (SSSR count). The summed E-state index contributed by atoms with van der Waals surface area (Å²) in [5.74, 6) is 0. The molecule has 4 heteroatoms. The second kappa shape index (κ2) is 6.57. The summed E-state index contributed by atoms with van der Waals surface area (Å²) in [5.41, 5.74) is 4.29. The maximum Gasteiger partial charge on any atom is 0.0591 e. The maximum atomic E-state index is 4.24. The highest BCUT2D eigenvalue weighted by molar-refractivity contribution is 9.10. The SMILES string of the molecule is CCCNc1cncc(Nc2cc(C)cc(Br)c2)c1. The summed E-state index contributed by atoms with van der Waals surface area (Å²) in [6.07, 6.45) is 4.77. The topological polar surface area (TPSA) is 37.0 Å². The van der Waals surface area contributed by atoms with Crippen molar-refractivity contribution in [3.63, 3.8) is 0 Å². The van der Waals surface area contributed by atoms with Gasteiger partial charge in [-0.1, -0.05) is 22.9 Å². The van der Waals surface area contributed by atoms with Crippen LogP contribution in [0.4, 0.5) is 17.1 Å². The van der Waals surface area contributed by atoms with Crippen molar-refractivity contribution in [2.45, 2.75) is 20.3 Å². The standard InChI is InChI=1S/C15H18BrN3/c1-3-4-18-14-8-15(10-17-9-14)19-13-6-11(2)5-12(16)7-13/h5-10,18-19H,3-4H2,1-2H3. The Kier molecular flexibility index (Phi) is 4.80. The molecule has 1 aromatic carbocycles. The molecular formula is C15H18BrN3. The number of hydrogen-bond donors (Lipinski definition) is 2. The number of hydrogen-bond acceptors (Lipinski definition) is 3. The van der Waals surface area contributed by atoms with E-state index in [2.05, 4.69) is 69.7 Å². The number of aryl methyl sites for hydroxylation is 1. The van der Waals surface area contributed by atoms with Crippen molar-refractivity contribution in [1.82, 2.24) is 4.98 Å². The van der Waals surface area contributed by atoms with Crippen molar-refractivity contribution in [2.75, 3.05) is 17.2 Å². The van der Waals surface area contributed by atoms with E-state index in [1.54, 1.807) is 0 Å². The average Bonchev–Trinajstić information content (AvgIpc) is 2.35. The summed E-state index contributed by atoms with van der Waals surface area (Å²) in [7, 11) is 0. The lowest BCUT2D eigenvalue weighted by molar-refractivity contribution is 0.978. The van der Waals surface area contributed by atoms with Crippen LogP contribution in [0.1, 0.15) is 18.9 Å². The fourth-order valence-corrected chi connectivity index (χ4v) is 2.46. The number of halogens is 1. The van der Waals surface area contributed by atoms with Gasteiger partial charge in [0.2, 0.25) is 0 Å². The Bertz CT molecular complexity index is 535. The predicted molar refractivity (Wildman–Crippen MR) is 85.2 cm³/mol. The normalized spacial score (nSPS) is 10.3. The van der Waals surface area contributed by atoms with Gasteiger partial charge in [-0.2, -0.15) is 0 Å². The van der Waals surface area contributed by atoms with Crippen LogP contribution in [0.5, 0.6) is 0 Å². The Morgan fingerprint density at radius 1 is 1.05 bits per heavy atom. The van der Waals surface area contributed by atoms with Gasteiger partial charge in [0.1, 0.15) is 0 Å². The molecule has 0 radical (unpaired) electrons. The van der Waals surface area contributed by atoms with Gasteiger partial charge in [0.05, 0.1) is 23.8 Å². The Morgan fingerprint density at radius 3 is 2.58 bits per heavy atom. The van der Waals surface area contributed by atoms with Gasteiger partial charge < -0.3 is 10.6 Å². The van der Waals surface area contributed by atoms with Crippen LogP contribution in [0.25, 0.3) is 0 Å². The van der Waals surface area contributed by atoms with Crippen molar-refractivity contribution in [3.8, 4) is 0 Å². The smallest absolute Gasteiger partial charge is 0.0591 e. The van der Waals surface area contributed by atoms with Crippen LogP contribution in [0.2, 0.25) is 0 Å².